The van der Waals surface area contributed by atoms with E-state index in [9.17, 15) is 24.0 Å². The van der Waals surface area contributed by atoms with Gasteiger partial charge in [0.15, 0.2) is 0 Å². The lowest BCUT2D eigenvalue weighted by Gasteiger charge is -2.50. The van der Waals surface area contributed by atoms with Crippen molar-refractivity contribution in [2.45, 2.75) is 96.7 Å². The Morgan fingerprint density at radius 3 is 2.16 bits per heavy atom. The van der Waals surface area contributed by atoms with Crippen molar-refractivity contribution in [1.82, 2.24) is 29.8 Å². The molecule has 5 fully saturated rings. The molecular formula is C48H62N6O7. The summed E-state index contributed by atoms with van der Waals surface area (Å²) in [5.41, 5.74) is 2.45. The first-order chi connectivity index (χ1) is 29.3. The minimum Gasteiger partial charge on any atom is -0.465 e. The highest BCUT2D eigenvalue weighted by atomic mass is 16.5. The standard InChI is InChI=1S/C48H62N6O7/c1-32(61-28-34-13-9-6-10-14-34)41(45(58)51-21-19-36(20-22-51)35-15-17-37(18-16-35)46(59)60-4)50-42(55)40-27-52(29-48(40)30-53(31-48)44(57)39-23-47(39,2)3)43(56)38-24-49-54(26-38)25-33-11-7-5-8-12-33/h5,7-8,11-12,15-18,24,26,32,34,36,39-41H,6,9-10,13-14,19-23,25,27-31H2,1-4H3,(H,50,55)/t32-,39-,40+,41+/m1/s1. The Kier molecular flexibility index (Phi) is 12.4. The Hall–Kier alpha value is -5.04. The number of hydrogen-bond donors (Lipinski definition) is 1. The average Bonchev–Trinajstić information content (AvgIpc) is 3.55. The molecular weight excluding hydrogens is 773 g/mol. The average molecular weight is 835 g/mol. The Morgan fingerprint density at radius 2 is 1.51 bits per heavy atom. The summed E-state index contributed by atoms with van der Waals surface area (Å²) in [5.74, 6) is -0.943. The van der Waals surface area contributed by atoms with Crippen molar-refractivity contribution in [2.24, 2.45) is 28.6 Å². The van der Waals surface area contributed by atoms with E-state index < -0.39 is 23.5 Å². The molecule has 1 spiro atoms. The second-order valence-electron chi connectivity index (χ2n) is 19.2. The first-order valence-electron chi connectivity index (χ1n) is 22.4. The predicted octanol–water partition coefficient (Wildman–Crippen LogP) is 5.54. The van der Waals surface area contributed by atoms with Gasteiger partial charge >= 0.3 is 5.97 Å². The maximum Gasteiger partial charge on any atom is 0.337 e. The molecule has 3 aliphatic heterocycles. The summed E-state index contributed by atoms with van der Waals surface area (Å²) >= 11 is 0. The fourth-order valence-electron chi connectivity index (χ4n) is 10.3. The Balaban J connectivity index is 0.984. The number of nitrogens with one attached hydrogen (secondary N) is 1. The van der Waals surface area contributed by atoms with Gasteiger partial charge in [-0.25, -0.2) is 4.79 Å². The van der Waals surface area contributed by atoms with E-state index in [2.05, 4.69) is 24.3 Å². The maximum atomic E-state index is 14.8. The van der Waals surface area contributed by atoms with Gasteiger partial charge in [0.25, 0.3) is 5.91 Å². The lowest BCUT2D eigenvalue weighted by atomic mass is 9.70. The van der Waals surface area contributed by atoms with Crippen molar-refractivity contribution in [1.29, 1.82) is 0 Å². The number of methoxy groups -OCH3 is 1. The number of amides is 4. The first-order valence-corrected chi connectivity index (χ1v) is 22.4. The van der Waals surface area contributed by atoms with Gasteiger partial charge in [-0.15, -0.1) is 0 Å². The van der Waals surface area contributed by atoms with Crippen LogP contribution < -0.4 is 5.32 Å². The van der Waals surface area contributed by atoms with Crippen LogP contribution in [0.15, 0.2) is 67.0 Å². The number of rotatable bonds is 13. The van der Waals surface area contributed by atoms with Gasteiger partial charge in [-0.2, -0.15) is 5.10 Å². The van der Waals surface area contributed by atoms with Crippen LogP contribution in [0.5, 0.6) is 0 Å². The third-order valence-electron chi connectivity index (χ3n) is 14.4. The van der Waals surface area contributed by atoms with Gasteiger partial charge in [0.1, 0.15) is 6.04 Å². The number of likely N-dealkylation sites (tertiary alicyclic amines) is 3. The van der Waals surface area contributed by atoms with Crippen LogP contribution in [0.1, 0.15) is 110 Å². The number of nitrogens with zero attached hydrogens (tertiary/aromatic N) is 5. The van der Waals surface area contributed by atoms with E-state index in [1.165, 1.54) is 26.4 Å². The molecule has 3 saturated heterocycles. The fraction of sp³-hybridized carbons (Fsp3) is 0.583. The Bertz CT molecular complexity index is 2060. The summed E-state index contributed by atoms with van der Waals surface area (Å²) in [5, 5.41) is 7.67. The van der Waals surface area contributed by atoms with E-state index in [1.807, 2.05) is 59.2 Å². The van der Waals surface area contributed by atoms with Gasteiger partial charge in [0.2, 0.25) is 17.7 Å². The van der Waals surface area contributed by atoms with E-state index in [4.69, 9.17) is 9.47 Å². The predicted molar refractivity (Wildman–Crippen MR) is 228 cm³/mol. The molecule has 0 bridgehead atoms. The molecule has 5 aliphatic rings. The maximum absolute atomic E-state index is 14.8. The molecule has 4 heterocycles. The molecule has 2 aliphatic carbocycles. The lowest BCUT2D eigenvalue weighted by Crippen LogP contribution is -2.65. The minimum absolute atomic E-state index is 0.0285. The largest absolute Gasteiger partial charge is 0.465 e. The van der Waals surface area contributed by atoms with Gasteiger partial charge in [-0.05, 0) is 79.5 Å². The van der Waals surface area contributed by atoms with Gasteiger partial charge in [0.05, 0.1) is 43.0 Å². The topological polar surface area (TPSA) is 143 Å². The minimum atomic E-state index is -0.921. The molecule has 1 aromatic heterocycles. The van der Waals surface area contributed by atoms with Crippen LogP contribution in [0.25, 0.3) is 0 Å². The zero-order valence-electron chi connectivity index (χ0n) is 36.2. The molecule has 2 aromatic carbocycles. The molecule has 0 radical (unpaired) electrons. The highest BCUT2D eigenvalue weighted by molar-refractivity contribution is 5.96. The number of carbonyl (C=O) groups is 5. The Labute approximate surface area is 359 Å². The summed E-state index contributed by atoms with van der Waals surface area (Å²) in [4.78, 5) is 74.6. The van der Waals surface area contributed by atoms with Crippen molar-refractivity contribution in [3.8, 4) is 0 Å². The summed E-state index contributed by atoms with van der Waals surface area (Å²) in [6.45, 7) is 9.46. The van der Waals surface area contributed by atoms with Crippen molar-refractivity contribution in [3.63, 3.8) is 0 Å². The van der Waals surface area contributed by atoms with Gasteiger partial charge in [0, 0.05) is 63.4 Å². The van der Waals surface area contributed by atoms with Crippen molar-refractivity contribution in [2.75, 3.05) is 53.0 Å². The summed E-state index contributed by atoms with van der Waals surface area (Å²) in [7, 11) is 1.37. The number of benzene rings is 2. The quantitative estimate of drug-likeness (QED) is 0.221. The molecule has 1 N–H and O–H groups in total. The molecule has 13 heteroatoms. The molecule has 13 nitrogen and oxygen atoms in total. The van der Waals surface area contributed by atoms with Crippen LogP contribution in [0, 0.1) is 28.6 Å². The molecule has 4 amide bonds. The highest BCUT2D eigenvalue weighted by Gasteiger charge is 2.62. The molecule has 8 rings (SSSR count). The highest BCUT2D eigenvalue weighted by Crippen LogP contribution is 2.54. The second kappa shape index (κ2) is 17.7. The Morgan fingerprint density at radius 1 is 0.836 bits per heavy atom. The SMILES string of the molecule is COC(=O)c1ccc(C2CCN(C(=O)[C@@H](NC(=O)[C@@H]3CN(C(=O)c4cnn(Cc5ccccc5)c4)CC34CN(C(=O)[C@H]3CC3(C)C)C4)[C@@H](C)OCC3CCCCC3)CC2)cc1. The summed E-state index contributed by atoms with van der Waals surface area (Å²) in [6.07, 6.45) is 10.9. The van der Waals surface area contributed by atoms with Gasteiger partial charge in [-0.3, -0.25) is 23.9 Å². The van der Waals surface area contributed by atoms with Crippen molar-refractivity contribution in [3.05, 3.63) is 89.2 Å². The molecule has 3 aromatic rings. The summed E-state index contributed by atoms with van der Waals surface area (Å²) in [6, 6.07) is 16.5. The van der Waals surface area contributed by atoms with Crippen LogP contribution in [0.4, 0.5) is 0 Å². The number of esters is 1. The number of hydrogen-bond acceptors (Lipinski definition) is 8. The van der Waals surface area contributed by atoms with Crippen LogP contribution in [0.3, 0.4) is 0 Å². The third kappa shape index (κ3) is 9.27. The normalized spacial score (nSPS) is 23.2. The first kappa shape index (κ1) is 42.6. The number of piperidine rings is 1. The van der Waals surface area contributed by atoms with Crippen molar-refractivity contribution >= 4 is 29.6 Å². The van der Waals surface area contributed by atoms with E-state index in [-0.39, 0.29) is 53.4 Å². The van der Waals surface area contributed by atoms with Crippen LogP contribution in [-0.2, 0) is 30.4 Å². The number of aromatic nitrogens is 2. The zero-order valence-corrected chi connectivity index (χ0v) is 36.2. The molecule has 0 unspecified atom stereocenters. The molecule has 4 atom stereocenters. The van der Waals surface area contributed by atoms with Crippen LogP contribution in [-0.4, -0.2) is 119 Å². The number of ether oxygens (including phenoxy) is 2. The molecule has 326 valence electrons. The lowest BCUT2D eigenvalue weighted by molar-refractivity contribution is -0.153. The zero-order chi connectivity index (χ0) is 42.9. The molecule has 2 saturated carbocycles. The molecule has 61 heavy (non-hydrogen) atoms. The van der Waals surface area contributed by atoms with E-state index in [1.54, 1.807) is 34.1 Å². The summed E-state index contributed by atoms with van der Waals surface area (Å²) < 4.78 is 13.1. The number of carbonyl (C=O) groups excluding carboxylic acids is 5. The fourth-order valence-corrected chi connectivity index (χ4v) is 10.3. The van der Waals surface area contributed by atoms with Crippen molar-refractivity contribution < 1.29 is 33.4 Å². The second-order valence-corrected chi connectivity index (χ2v) is 19.2. The van der Waals surface area contributed by atoms with Crippen LogP contribution in [0.2, 0.25) is 0 Å². The smallest absolute Gasteiger partial charge is 0.337 e. The van der Waals surface area contributed by atoms with Gasteiger partial charge < -0.3 is 29.5 Å². The van der Waals surface area contributed by atoms with Crippen LogP contribution >= 0.6 is 0 Å². The third-order valence-corrected chi connectivity index (χ3v) is 14.4. The van der Waals surface area contributed by atoms with E-state index >= 15 is 0 Å². The van der Waals surface area contributed by atoms with Gasteiger partial charge in [-0.1, -0.05) is 75.6 Å². The van der Waals surface area contributed by atoms with E-state index in [0.717, 1.165) is 43.2 Å². The monoisotopic (exact) mass is 834 g/mol. The van der Waals surface area contributed by atoms with E-state index in [0.29, 0.717) is 62.9 Å².